The Morgan fingerprint density at radius 1 is 1.32 bits per heavy atom. The summed E-state index contributed by atoms with van der Waals surface area (Å²) in [6.45, 7) is 4.08. The summed E-state index contributed by atoms with van der Waals surface area (Å²) in [4.78, 5) is 8.76. The minimum absolute atomic E-state index is 0.112. The molecule has 0 aromatic carbocycles. The molecule has 0 unspecified atom stereocenters. The second-order valence-electron chi connectivity index (χ2n) is 4.89. The summed E-state index contributed by atoms with van der Waals surface area (Å²) in [7, 11) is 1.63. The largest absolute Gasteiger partial charge is 0.393 e. The molecule has 3 N–H and O–H groups in total. The van der Waals surface area contributed by atoms with Crippen molar-refractivity contribution in [3.8, 4) is 0 Å². The molecule has 19 heavy (non-hydrogen) atoms. The third-order valence-electron chi connectivity index (χ3n) is 3.19. The minimum Gasteiger partial charge on any atom is -0.393 e. The SMILES string of the molecule is CCNc1cc(NCC2CC(O)C2)nc(COC)n1. The number of methoxy groups -OCH3 is 1. The number of hydrogen-bond donors (Lipinski definition) is 3. The quantitative estimate of drug-likeness (QED) is 0.689. The number of hydrogen-bond acceptors (Lipinski definition) is 6. The average Bonchev–Trinajstić information content (AvgIpc) is 2.34. The van der Waals surface area contributed by atoms with Crippen LogP contribution < -0.4 is 10.6 Å². The Balaban J connectivity index is 1.96. The molecule has 0 spiro atoms. The summed E-state index contributed by atoms with van der Waals surface area (Å²) in [5.41, 5.74) is 0. The molecule has 0 saturated heterocycles. The predicted octanol–water partition coefficient (Wildman–Crippen LogP) is 1.24. The molecule has 1 saturated carbocycles. The molecule has 106 valence electrons. The maximum Gasteiger partial charge on any atom is 0.158 e. The predicted molar refractivity (Wildman–Crippen MR) is 74.1 cm³/mol. The van der Waals surface area contributed by atoms with E-state index in [4.69, 9.17) is 4.74 Å². The van der Waals surface area contributed by atoms with Gasteiger partial charge in [-0.2, -0.15) is 0 Å². The lowest BCUT2D eigenvalue weighted by Crippen LogP contribution is -2.33. The topological polar surface area (TPSA) is 79.3 Å². The molecule has 0 aliphatic heterocycles. The average molecular weight is 266 g/mol. The Morgan fingerprint density at radius 3 is 2.58 bits per heavy atom. The van der Waals surface area contributed by atoms with Crippen LogP contribution in [-0.2, 0) is 11.3 Å². The van der Waals surface area contributed by atoms with Gasteiger partial charge in [-0.1, -0.05) is 0 Å². The molecule has 2 rings (SSSR count). The Hall–Kier alpha value is -1.40. The lowest BCUT2D eigenvalue weighted by atomic mass is 9.82. The number of aliphatic hydroxyl groups excluding tert-OH is 1. The molecule has 1 aromatic rings. The second kappa shape index (κ2) is 6.68. The van der Waals surface area contributed by atoms with Gasteiger partial charge in [0.15, 0.2) is 5.82 Å². The van der Waals surface area contributed by atoms with Gasteiger partial charge in [-0.25, -0.2) is 9.97 Å². The molecule has 1 fully saturated rings. The van der Waals surface area contributed by atoms with E-state index in [9.17, 15) is 5.11 Å². The minimum atomic E-state index is -0.112. The van der Waals surface area contributed by atoms with Crippen molar-refractivity contribution in [2.45, 2.75) is 32.5 Å². The van der Waals surface area contributed by atoms with Gasteiger partial charge in [0.25, 0.3) is 0 Å². The van der Waals surface area contributed by atoms with Gasteiger partial charge in [0.1, 0.15) is 18.2 Å². The van der Waals surface area contributed by atoms with Gasteiger partial charge in [0.2, 0.25) is 0 Å². The Bertz CT molecular complexity index is 383. The van der Waals surface area contributed by atoms with E-state index >= 15 is 0 Å². The van der Waals surface area contributed by atoms with Crippen LogP contribution in [0.4, 0.5) is 11.6 Å². The van der Waals surface area contributed by atoms with Crippen LogP contribution >= 0.6 is 0 Å². The molecule has 0 radical (unpaired) electrons. The summed E-state index contributed by atoms with van der Waals surface area (Å²) in [6.07, 6.45) is 1.64. The number of nitrogens with zero attached hydrogens (tertiary/aromatic N) is 2. The lowest BCUT2D eigenvalue weighted by Gasteiger charge is -2.31. The van der Waals surface area contributed by atoms with Gasteiger partial charge in [-0.15, -0.1) is 0 Å². The summed E-state index contributed by atoms with van der Waals surface area (Å²) in [6, 6.07) is 1.90. The molecule has 6 nitrogen and oxygen atoms in total. The Morgan fingerprint density at radius 2 is 2.00 bits per heavy atom. The molecular weight excluding hydrogens is 244 g/mol. The molecule has 0 bridgehead atoms. The number of aliphatic hydroxyl groups is 1. The van der Waals surface area contributed by atoms with Crippen LogP contribution in [-0.4, -0.2) is 41.4 Å². The third kappa shape index (κ3) is 4.04. The molecule has 1 heterocycles. The van der Waals surface area contributed by atoms with E-state index in [1.54, 1.807) is 7.11 Å². The monoisotopic (exact) mass is 266 g/mol. The van der Waals surface area contributed by atoms with E-state index < -0.39 is 0 Å². The highest BCUT2D eigenvalue weighted by atomic mass is 16.5. The van der Waals surface area contributed by atoms with Gasteiger partial charge < -0.3 is 20.5 Å². The zero-order valence-electron chi connectivity index (χ0n) is 11.5. The molecule has 1 aliphatic carbocycles. The summed E-state index contributed by atoms with van der Waals surface area (Å²) < 4.78 is 5.07. The highest BCUT2D eigenvalue weighted by Gasteiger charge is 2.26. The van der Waals surface area contributed by atoms with Gasteiger partial charge >= 0.3 is 0 Å². The van der Waals surface area contributed by atoms with Crippen LogP contribution in [0.15, 0.2) is 6.07 Å². The summed E-state index contributed by atoms with van der Waals surface area (Å²) >= 11 is 0. The van der Waals surface area contributed by atoms with E-state index in [2.05, 4.69) is 20.6 Å². The number of aromatic nitrogens is 2. The fourth-order valence-corrected chi connectivity index (χ4v) is 2.17. The number of rotatable bonds is 7. The van der Waals surface area contributed by atoms with E-state index in [-0.39, 0.29) is 6.10 Å². The summed E-state index contributed by atoms with van der Waals surface area (Å²) in [5.74, 6) is 2.82. The first-order valence-electron chi connectivity index (χ1n) is 6.74. The lowest BCUT2D eigenvalue weighted by molar-refractivity contribution is 0.0486. The Kier molecular flexibility index (Phi) is 4.93. The van der Waals surface area contributed by atoms with E-state index in [1.807, 2.05) is 13.0 Å². The molecule has 0 atom stereocenters. The normalized spacial score (nSPS) is 21.8. The van der Waals surface area contributed by atoms with Crippen molar-refractivity contribution in [1.29, 1.82) is 0 Å². The van der Waals surface area contributed by atoms with Crippen molar-refractivity contribution in [2.75, 3.05) is 30.8 Å². The molecule has 1 aromatic heterocycles. The van der Waals surface area contributed by atoms with Crippen LogP contribution in [0, 0.1) is 5.92 Å². The van der Waals surface area contributed by atoms with Crippen molar-refractivity contribution in [3.63, 3.8) is 0 Å². The first-order valence-corrected chi connectivity index (χ1v) is 6.74. The highest BCUT2D eigenvalue weighted by molar-refractivity contribution is 5.47. The van der Waals surface area contributed by atoms with E-state index in [1.165, 1.54) is 0 Å². The zero-order chi connectivity index (χ0) is 13.7. The van der Waals surface area contributed by atoms with Crippen molar-refractivity contribution in [1.82, 2.24) is 9.97 Å². The maximum atomic E-state index is 9.26. The van der Waals surface area contributed by atoms with E-state index in [0.29, 0.717) is 18.3 Å². The highest BCUT2D eigenvalue weighted by Crippen LogP contribution is 2.27. The fraction of sp³-hybridized carbons (Fsp3) is 0.692. The van der Waals surface area contributed by atoms with Crippen molar-refractivity contribution >= 4 is 11.6 Å². The van der Waals surface area contributed by atoms with Crippen molar-refractivity contribution in [3.05, 3.63) is 11.9 Å². The number of ether oxygens (including phenoxy) is 1. The molecule has 0 amide bonds. The Labute approximate surface area is 113 Å². The van der Waals surface area contributed by atoms with Gasteiger partial charge in [-0.3, -0.25) is 0 Å². The van der Waals surface area contributed by atoms with Crippen LogP contribution in [0.2, 0.25) is 0 Å². The number of nitrogens with one attached hydrogen (secondary N) is 2. The zero-order valence-corrected chi connectivity index (χ0v) is 11.5. The third-order valence-corrected chi connectivity index (χ3v) is 3.19. The van der Waals surface area contributed by atoms with E-state index in [0.717, 1.165) is 37.6 Å². The molecule has 6 heteroatoms. The maximum absolute atomic E-state index is 9.26. The van der Waals surface area contributed by atoms with Crippen LogP contribution in [0.5, 0.6) is 0 Å². The smallest absolute Gasteiger partial charge is 0.158 e. The van der Waals surface area contributed by atoms with Crippen LogP contribution in [0.25, 0.3) is 0 Å². The summed E-state index contributed by atoms with van der Waals surface area (Å²) in [5, 5.41) is 15.8. The van der Waals surface area contributed by atoms with Crippen molar-refractivity contribution < 1.29 is 9.84 Å². The van der Waals surface area contributed by atoms with Crippen LogP contribution in [0.1, 0.15) is 25.6 Å². The first kappa shape index (κ1) is 14.0. The van der Waals surface area contributed by atoms with Gasteiger partial charge in [0.05, 0.1) is 6.10 Å². The molecular formula is C13H22N4O2. The number of anilines is 2. The molecule has 1 aliphatic rings. The fourth-order valence-electron chi connectivity index (χ4n) is 2.17. The second-order valence-corrected chi connectivity index (χ2v) is 4.89. The van der Waals surface area contributed by atoms with Crippen molar-refractivity contribution in [2.24, 2.45) is 5.92 Å². The van der Waals surface area contributed by atoms with Gasteiger partial charge in [-0.05, 0) is 25.7 Å². The van der Waals surface area contributed by atoms with Crippen LogP contribution in [0.3, 0.4) is 0 Å². The standard InChI is InChI=1S/C13H22N4O2/c1-3-14-11-6-12(17-13(16-11)8-19-2)15-7-9-4-10(18)5-9/h6,9-10,18H,3-5,7-8H2,1-2H3,(H2,14,15,16,17). The van der Waals surface area contributed by atoms with Gasteiger partial charge in [0, 0.05) is 26.3 Å². The first-order chi connectivity index (χ1) is 9.21.